The second kappa shape index (κ2) is 6.87. The number of ether oxygens (including phenoxy) is 1. The van der Waals surface area contributed by atoms with Gasteiger partial charge >= 0.3 is 0 Å². The number of allylic oxidation sites excluding steroid dienone is 2. The summed E-state index contributed by atoms with van der Waals surface area (Å²) in [4.78, 5) is 22.8. The Kier molecular flexibility index (Phi) is 4.25. The first-order valence-electron chi connectivity index (χ1n) is 9.67. The van der Waals surface area contributed by atoms with Crippen LogP contribution in [0.15, 0.2) is 53.8 Å². The lowest BCUT2D eigenvalue weighted by molar-refractivity contribution is -0.121. The maximum atomic E-state index is 14.4. The summed E-state index contributed by atoms with van der Waals surface area (Å²) in [6, 6.07) is 6.93. The normalized spacial score (nSPS) is 17.8. The summed E-state index contributed by atoms with van der Waals surface area (Å²) in [6.45, 7) is 1.86. The van der Waals surface area contributed by atoms with Crippen molar-refractivity contribution in [1.29, 1.82) is 0 Å². The van der Waals surface area contributed by atoms with E-state index in [9.17, 15) is 13.6 Å². The van der Waals surface area contributed by atoms with Crippen LogP contribution in [0.3, 0.4) is 0 Å². The maximum Gasteiger partial charge on any atom is 0.272 e. The maximum absolute atomic E-state index is 14.4. The van der Waals surface area contributed by atoms with Crippen LogP contribution < -0.4 is 4.74 Å². The molecule has 1 aromatic heterocycles. The van der Waals surface area contributed by atoms with Crippen LogP contribution in [0.25, 0.3) is 16.6 Å². The van der Waals surface area contributed by atoms with Crippen molar-refractivity contribution in [2.24, 2.45) is 18.0 Å². The fourth-order valence-corrected chi connectivity index (χ4v) is 3.93. The van der Waals surface area contributed by atoms with Crippen LogP contribution >= 0.6 is 0 Å². The predicted octanol–water partition coefficient (Wildman–Crippen LogP) is 4.35. The Morgan fingerprint density at radius 3 is 2.71 bits per heavy atom. The molecule has 0 spiro atoms. The van der Waals surface area contributed by atoms with E-state index in [0.717, 1.165) is 29.0 Å². The first-order valence-corrected chi connectivity index (χ1v) is 9.67. The minimum atomic E-state index is -0.816. The van der Waals surface area contributed by atoms with Gasteiger partial charge in [0.2, 0.25) is 0 Å². The third-order valence-electron chi connectivity index (χ3n) is 5.64. The molecule has 2 aromatic carbocycles. The van der Waals surface area contributed by atoms with E-state index in [1.54, 1.807) is 19.4 Å². The van der Waals surface area contributed by atoms with Crippen molar-refractivity contribution in [1.82, 2.24) is 14.5 Å². The summed E-state index contributed by atoms with van der Waals surface area (Å²) in [7, 11) is 3.53. The van der Waals surface area contributed by atoms with Gasteiger partial charge in [0.15, 0.2) is 17.3 Å². The highest BCUT2D eigenvalue weighted by Gasteiger charge is 2.35. The van der Waals surface area contributed by atoms with Crippen LogP contribution in [-0.4, -0.2) is 33.1 Å². The molecule has 0 saturated carbocycles. The lowest BCUT2D eigenvalue weighted by atomic mass is 9.86. The lowest BCUT2D eigenvalue weighted by Crippen LogP contribution is -2.37. The van der Waals surface area contributed by atoms with Crippen molar-refractivity contribution in [2.75, 3.05) is 7.05 Å². The van der Waals surface area contributed by atoms with Crippen LogP contribution in [0.2, 0.25) is 0 Å². The lowest BCUT2D eigenvalue weighted by Gasteiger charge is -2.27. The summed E-state index contributed by atoms with van der Waals surface area (Å²) >= 11 is 0. The molecule has 0 bridgehead atoms. The number of aryl methyl sites for hydroxylation is 2. The van der Waals surface area contributed by atoms with Gasteiger partial charge in [0.1, 0.15) is 22.9 Å². The highest BCUT2D eigenvalue weighted by molar-refractivity contribution is 6.44. The molecule has 0 saturated heterocycles. The van der Waals surface area contributed by atoms with Crippen LogP contribution in [-0.2, 0) is 11.8 Å². The second-order valence-corrected chi connectivity index (χ2v) is 7.54. The van der Waals surface area contributed by atoms with E-state index in [0.29, 0.717) is 22.5 Å². The molecule has 5 rings (SSSR count). The van der Waals surface area contributed by atoms with Gasteiger partial charge in [0.05, 0.1) is 11.4 Å². The Bertz CT molecular complexity index is 1350. The number of hydrogen-bond acceptors (Lipinski definition) is 4. The summed E-state index contributed by atoms with van der Waals surface area (Å²) in [5.41, 5.74) is 3.18. The zero-order valence-corrected chi connectivity index (χ0v) is 17.1. The van der Waals surface area contributed by atoms with E-state index in [2.05, 4.69) is 9.98 Å². The van der Waals surface area contributed by atoms with Gasteiger partial charge in [-0.1, -0.05) is 6.08 Å². The fraction of sp³-hybridized carbons (Fsp3) is 0.174. The number of amides is 1. The molecule has 156 valence electrons. The molecule has 0 radical (unpaired) electrons. The number of aromatic nitrogens is 2. The Morgan fingerprint density at radius 1 is 1.13 bits per heavy atom. The molecule has 3 heterocycles. The number of hydrogen-bond donors (Lipinski definition) is 0. The number of rotatable bonds is 3. The molecule has 31 heavy (non-hydrogen) atoms. The van der Waals surface area contributed by atoms with Crippen molar-refractivity contribution < 1.29 is 18.3 Å². The van der Waals surface area contributed by atoms with Gasteiger partial charge in [-0.15, -0.1) is 0 Å². The number of benzene rings is 2. The molecule has 0 fully saturated rings. The Balaban J connectivity index is 1.74. The molecule has 1 unspecified atom stereocenters. The van der Waals surface area contributed by atoms with E-state index < -0.39 is 11.6 Å². The zero-order valence-electron chi connectivity index (χ0n) is 17.1. The van der Waals surface area contributed by atoms with Crippen molar-refractivity contribution in [3.8, 4) is 11.5 Å². The SMILES string of the molecule is Cc1nc2c(Oc3ccc(F)cc3F)c(C3=CN(C)C(=O)C4=NC=CC34)ccc2n1C. The van der Waals surface area contributed by atoms with Gasteiger partial charge in [0, 0.05) is 38.1 Å². The molecule has 8 heteroatoms. The number of nitrogens with zero attached hydrogens (tertiary/aromatic N) is 4. The van der Waals surface area contributed by atoms with Crippen LogP contribution in [0.5, 0.6) is 11.5 Å². The van der Waals surface area contributed by atoms with Crippen LogP contribution in [0, 0.1) is 24.5 Å². The summed E-state index contributed by atoms with van der Waals surface area (Å²) in [5.74, 6) is -1.06. The van der Waals surface area contributed by atoms with E-state index in [1.807, 2.05) is 36.7 Å². The van der Waals surface area contributed by atoms with Crippen molar-refractivity contribution >= 4 is 28.2 Å². The smallest absolute Gasteiger partial charge is 0.272 e. The largest absolute Gasteiger partial charge is 0.451 e. The van der Waals surface area contributed by atoms with Crippen molar-refractivity contribution in [2.45, 2.75) is 6.92 Å². The molecule has 1 amide bonds. The topological polar surface area (TPSA) is 59.7 Å². The van der Waals surface area contributed by atoms with Crippen molar-refractivity contribution in [3.05, 3.63) is 71.8 Å². The molecular weight excluding hydrogens is 402 g/mol. The first-order chi connectivity index (χ1) is 14.8. The van der Waals surface area contributed by atoms with E-state index >= 15 is 0 Å². The van der Waals surface area contributed by atoms with E-state index in [1.165, 1.54) is 11.0 Å². The minimum Gasteiger partial charge on any atom is -0.451 e. The fourth-order valence-electron chi connectivity index (χ4n) is 3.93. The number of aliphatic imine (C=N–C) groups is 1. The molecular formula is C23H18F2N4O2. The van der Waals surface area contributed by atoms with Gasteiger partial charge in [0.25, 0.3) is 5.91 Å². The quantitative estimate of drug-likeness (QED) is 0.633. The Hall–Kier alpha value is -3.81. The zero-order chi connectivity index (χ0) is 21.9. The third kappa shape index (κ3) is 2.94. The minimum absolute atomic E-state index is 0.116. The van der Waals surface area contributed by atoms with Gasteiger partial charge in [-0.25, -0.2) is 13.8 Å². The van der Waals surface area contributed by atoms with Gasteiger partial charge in [-0.2, -0.15) is 0 Å². The molecule has 2 aliphatic heterocycles. The molecule has 0 aliphatic carbocycles. The van der Waals surface area contributed by atoms with Crippen LogP contribution in [0.4, 0.5) is 8.78 Å². The highest BCUT2D eigenvalue weighted by atomic mass is 19.1. The third-order valence-corrected chi connectivity index (χ3v) is 5.64. The Morgan fingerprint density at radius 2 is 1.94 bits per heavy atom. The number of halogens is 2. The first kappa shape index (κ1) is 19.2. The molecule has 1 atom stereocenters. The average Bonchev–Trinajstić information content (AvgIpc) is 3.33. The van der Waals surface area contributed by atoms with Gasteiger partial charge in [-0.05, 0) is 36.8 Å². The number of carbonyl (C=O) groups is 1. The number of carbonyl (C=O) groups excluding carboxylic acids is 1. The summed E-state index contributed by atoms with van der Waals surface area (Å²) < 4.78 is 35.8. The van der Waals surface area contributed by atoms with E-state index in [-0.39, 0.29) is 17.6 Å². The standard InChI is InChI=1S/C23H18F2N4O2/c1-12-27-21-18(29(12)3)6-5-15(22(21)31-19-7-4-13(24)10-17(19)25)16-11-28(2)23(30)20-14(16)8-9-26-20/h4-11,14H,1-3H3. The molecule has 6 nitrogen and oxygen atoms in total. The van der Waals surface area contributed by atoms with Crippen LogP contribution in [0.1, 0.15) is 11.4 Å². The Labute approximate surface area is 176 Å². The number of fused-ring (bicyclic) bond motifs is 2. The molecule has 3 aromatic rings. The average molecular weight is 420 g/mol. The molecule has 0 N–H and O–H groups in total. The predicted molar refractivity (Wildman–Crippen MR) is 113 cm³/mol. The monoisotopic (exact) mass is 420 g/mol. The van der Waals surface area contributed by atoms with E-state index in [4.69, 9.17) is 4.74 Å². The number of imidazole rings is 1. The second-order valence-electron chi connectivity index (χ2n) is 7.54. The molecule has 2 aliphatic rings. The van der Waals surface area contributed by atoms with Gasteiger partial charge in [-0.3, -0.25) is 9.79 Å². The summed E-state index contributed by atoms with van der Waals surface area (Å²) in [5, 5.41) is 0. The summed E-state index contributed by atoms with van der Waals surface area (Å²) in [6.07, 6.45) is 5.17. The van der Waals surface area contributed by atoms with Crippen molar-refractivity contribution in [3.63, 3.8) is 0 Å². The van der Waals surface area contributed by atoms with Gasteiger partial charge < -0.3 is 14.2 Å². The highest BCUT2D eigenvalue weighted by Crippen LogP contribution is 2.42.